The number of hydrogen-bond donors (Lipinski definition) is 1. The molecule has 2 heterocycles. The number of carbonyl (C=O) groups is 1. The monoisotopic (exact) mass is 424 g/mol. The molecule has 3 aromatic rings. The molecule has 0 bridgehead atoms. The molecule has 1 aromatic carbocycles. The first-order chi connectivity index (χ1) is 12.9. The summed E-state index contributed by atoms with van der Waals surface area (Å²) in [5.41, 5.74) is 0. The molecule has 1 N–H and O–H groups in total. The molecule has 0 radical (unpaired) electrons. The van der Waals surface area contributed by atoms with Gasteiger partial charge in [-0.25, -0.2) is 8.42 Å². The van der Waals surface area contributed by atoms with Gasteiger partial charge in [-0.1, -0.05) is 17.7 Å². The molecule has 3 rings (SSSR count). The maximum absolute atomic E-state index is 13.0. The SMILES string of the molecule is O=C(CN(Cc1ccco1)S(=O)(=O)c1ccc(Cl)cc1)NCc1cccs1. The summed E-state index contributed by atoms with van der Waals surface area (Å²) in [5, 5.41) is 5.08. The number of amides is 1. The molecule has 0 saturated heterocycles. The number of thiophene rings is 1. The molecule has 0 atom stereocenters. The van der Waals surface area contributed by atoms with Crippen LogP contribution in [0, 0.1) is 0 Å². The zero-order valence-electron chi connectivity index (χ0n) is 14.2. The van der Waals surface area contributed by atoms with Gasteiger partial charge in [0.25, 0.3) is 0 Å². The van der Waals surface area contributed by atoms with Crippen LogP contribution in [0.15, 0.2) is 69.5 Å². The summed E-state index contributed by atoms with van der Waals surface area (Å²) in [6.45, 7) is -0.0203. The highest BCUT2D eigenvalue weighted by Crippen LogP contribution is 2.20. The van der Waals surface area contributed by atoms with Crippen LogP contribution in [-0.4, -0.2) is 25.2 Å². The minimum absolute atomic E-state index is 0.0512. The minimum atomic E-state index is -3.90. The average Bonchev–Trinajstić information content (AvgIpc) is 3.34. The highest BCUT2D eigenvalue weighted by Gasteiger charge is 2.27. The maximum atomic E-state index is 13.0. The Morgan fingerprint density at radius 1 is 1.15 bits per heavy atom. The third-order valence-electron chi connectivity index (χ3n) is 3.72. The number of carbonyl (C=O) groups excluding carboxylic acids is 1. The number of benzene rings is 1. The zero-order chi connectivity index (χ0) is 19.3. The molecule has 0 fully saturated rings. The summed E-state index contributed by atoms with van der Waals surface area (Å²) >= 11 is 7.36. The Morgan fingerprint density at radius 3 is 2.56 bits per heavy atom. The number of nitrogens with one attached hydrogen (secondary N) is 1. The van der Waals surface area contributed by atoms with Gasteiger partial charge >= 0.3 is 0 Å². The van der Waals surface area contributed by atoms with E-state index in [-0.39, 0.29) is 18.0 Å². The Morgan fingerprint density at radius 2 is 1.93 bits per heavy atom. The normalized spacial score (nSPS) is 11.6. The molecule has 9 heteroatoms. The molecule has 0 saturated carbocycles. The Hall–Kier alpha value is -2.13. The van der Waals surface area contributed by atoms with E-state index in [1.807, 2.05) is 17.5 Å². The highest BCUT2D eigenvalue weighted by atomic mass is 35.5. The predicted octanol–water partition coefficient (Wildman–Crippen LogP) is 3.50. The molecule has 2 aromatic heterocycles. The van der Waals surface area contributed by atoms with Crippen LogP contribution in [0.25, 0.3) is 0 Å². The fourth-order valence-electron chi connectivity index (χ4n) is 2.37. The van der Waals surface area contributed by atoms with Crippen molar-refractivity contribution in [2.45, 2.75) is 18.0 Å². The quantitative estimate of drug-likeness (QED) is 0.600. The van der Waals surface area contributed by atoms with Gasteiger partial charge in [0.05, 0.1) is 30.8 Å². The first kappa shape index (κ1) is 19.6. The van der Waals surface area contributed by atoms with Gasteiger partial charge in [-0.3, -0.25) is 4.79 Å². The van der Waals surface area contributed by atoms with Gasteiger partial charge in [0.1, 0.15) is 5.76 Å². The van der Waals surface area contributed by atoms with Crippen molar-refractivity contribution >= 4 is 38.9 Å². The number of nitrogens with zero attached hydrogens (tertiary/aromatic N) is 1. The van der Waals surface area contributed by atoms with E-state index in [2.05, 4.69) is 5.32 Å². The van der Waals surface area contributed by atoms with Crippen molar-refractivity contribution in [3.05, 3.63) is 75.8 Å². The first-order valence-electron chi connectivity index (χ1n) is 8.02. The van der Waals surface area contributed by atoms with Crippen molar-refractivity contribution in [2.75, 3.05) is 6.54 Å². The molecular weight excluding hydrogens is 408 g/mol. The van der Waals surface area contributed by atoms with Crippen molar-refractivity contribution in [3.63, 3.8) is 0 Å². The number of furan rings is 1. The van der Waals surface area contributed by atoms with Gasteiger partial charge in [-0.2, -0.15) is 4.31 Å². The molecule has 1 amide bonds. The molecule has 0 aliphatic heterocycles. The third kappa shape index (κ3) is 5.20. The summed E-state index contributed by atoms with van der Waals surface area (Å²) in [4.78, 5) is 13.4. The van der Waals surface area contributed by atoms with Crippen LogP contribution in [0.3, 0.4) is 0 Å². The molecular formula is C18H17ClN2O4S2. The van der Waals surface area contributed by atoms with E-state index in [0.29, 0.717) is 17.3 Å². The van der Waals surface area contributed by atoms with Crippen LogP contribution in [-0.2, 0) is 27.9 Å². The fourth-order valence-corrected chi connectivity index (χ4v) is 4.51. The standard InChI is InChI=1S/C18H17ClN2O4S2/c19-14-5-7-17(8-6-14)27(23,24)21(12-15-3-1-9-25-15)13-18(22)20-11-16-4-2-10-26-16/h1-10H,11-13H2,(H,20,22). The summed E-state index contributed by atoms with van der Waals surface area (Å²) in [6.07, 6.45) is 1.46. The third-order valence-corrected chi connectivity index (χ3v) is 6.66. The van der Waals surface area contributed by atoms with Gasteiger partial charge in [0.2, 0.25) is 15.9 Å². The van der Waals surface area contributed by atoms with Crippen LogP contribution < -0.4 is 5.32 Å². The number of halogens is 1. The first-order valence-corrected chi connectivity index (χ1v) is 10.7. The molecule has 142 valence electrons. The summed E-state index contributed by atoms with van der Waals surface area (Å²) in [5.74, 6) is 0.0473. The minimum Gasteiger partial charge on any atom is -0.468 e. The average molecular weight is 425 g/mol. The summed E-state index contributed by atoms with van der Waals surface area (Å²) < 4.78 is 32.3. The van der Waals surface area contributed by atoms with Crippen LogP contribution >= 0.6 is 22.9 Å². The second-order valence-corrected chi connectivity index (χ2v) is 9.07. The lowest BCUT2D eigenvalue weighted by Crippen LogP contribution is -2.40. The second-order valence-electron chi connectivity index (χ2n) is 5.66. The summed E-state index contributed by atoms with van der Waals surface area (Å²) in [7, 11) is -3.90. The molecule has 27 heavy (non-hydrogen) atoms. The van der Waals surface area contributed by atoms with Crippen LogP contribution in [0.1, 0.15) is 10.6 Å². The smallest absolute Gasteiger partial charge is 0.243 e. The van der Waals surface area contributed by atoms with Gasteiger partial charge in [0.15, 0.2) is 0 Å². The topological polar surface area (TPSA) is 79.6 Å². The Balaban J connectivity index is 1.77. The van der Waals surface area contributed by atoms with E-state index >= 15 is 0 Å². The van der Waals surface area contributed by atoms with E-state index in [1.54, 1.807) is 12.1 Å². The van der Waals surface area contributed by atoms with Crippen LogP contribution in [0.4, 0.5) is 0 Å². The van der Waals surface area contributed by atoms with E-state index in [9.17, 15) is 13.2 Å². The molecule has 6 nitrogen and oxygen atoms in total. The lowest BCUT2D eigenvalue weighted by molar-refractivity contribution is -0.121. The van der Waals surface area contributed by atoms with Crippen molar-refractivity contribution in [1.82, 2.24) is 9.62 Å². The number of sulfonamides is 1. The van der Waals surface area contributed by atoms with E-state index in [0.717, 1.165) is 9.18 Å². The Bertz CT molecular complexity index is 969. The largest absolute Gasteiger partial charge is 0.468 e. The predicted molar refractivity (Wildman–Crippen MR) is 104 cm³/mol. The lowest BCUT2D eigenvalue weighted by atomic mass is 10.4. The second kappa shape index (κ2) is 8.71. The Labute approximate surface area is 166 Å². The van der Waals surface area contributed by atoms with E-state index in [4.69, 9.17) is 16.0 Å². The zero-order valence-corrected chi connectivity index (χ0v) is 16.6. The lowest BCUT2D eigenvalue weighted by Gasteiger charge is -2.21. The van der Waals surface area contributed by atoms with Crippen LogP contribution in [0.5, 0.6) is 0 Å². The van der Waals surface area contributed by atoms with Gasteiger partial charge in [-0.05, 0) is 47.8 Å². The van der Waals surface area contributed by atoms with Crippen molar-refractivity contribution in [2.24, 2.45) is 0 Å². The van der Waals surface area contributed by atoms with Crippen molar-refractivity contribution in [3.8, 4) is 0 Å². The van der Waals surface area contributed by atoms with Gasteiger partial charge in [-0.15, -0.1) is 11.3 Å². The maximum Gasteiger partial charge on any atom is 0.243 e. The molecule has 0 aliphatic rings. The molecule has 0 spiro atoms. The van der Waals surface area contributed by atoms with E-state index in [1.165, 1.54) is 41.9 Å². The van der Waals surface area contributed by atoms with E-state index < -0.39 is 15.9 Å². The van der Waals surface area contributed by atoms with Gasteiger partial charge in [0, 0.05) is 9.90 Å². The Kier molecular flexibility index (Phi) is 6.33. The summed E-state index contributed by atoms with van der Waals surface area (Å²) in [6, 6.07) is 12.9. The fraction of sp³-hybridized carbons (Fsp3) is 0.167. The van der Waals surface area contributed by atoms with Gasteiger partial charge < -0.3 is 9.73 Å². The van der Waals surface area contributed by atoms with Crippen LogP contribution in [0.2, 0.25) is 5.02 Å². The number of hydrogen-bond acceptors (Lipinski definition) is 5. The molecule has 0 aliphatic carbocycles. The van der Waals surface area contributed by atoms with Crippen molar-refractivity contribution < 1.29 is 17.6 Å². The number of rotatable bonds is 8. The molecule has 0 unspecified atom stereocenters. The van der Waals surface area contributed by atoms with Crippen molar-refractivity contribution in [1.29, 1.82) is 0 Å². The highest BCUT2D eigenvalue weighted by molar-refractivity contribution is 7.89.